The van der Waals surface area contributed by atoms with Crippen molar-refractivity contribution in [3.05, 3.63) is 88.9 Å². The number of carbonyl (C=O) groups is 1. The highest BCUT2D eigenvalue weighted by molar-refractivity contribution is 6.30. The summed E-state index contributed by atoms with van der Waals surface area (Å²) in [7, 11) is 1.56. The van der Waals surface area contributed by atoms with Crippen molar-refractivity contribution < 1.29 is 19.7 Å². The van der Waals surface area contributed by atoms with Gasteiger partial charge in [0.2, 0.25) is 0 Å². The predicted octanol–water partition coefficient (Wildman–Crippen LogP) is 4.25. The molecule has 3 unspecified atom stereocenters. The summed E-state index contributed by atoms with van der Waals surface area (Å²) in [6.07, 6.45) is -2.49. The van der Waals surface area contributed by atoms with E-state index in [1.165, 1.54) is 0 Å². The van der Waals surface area contributed by atoms with Crippen LogP contribution in [0.25, 0.3) is 0 Å². The largest absolute Gasteiger partial charge is 0.497 e. The molecule has 0 saturated heterocycles. The van der Waals surface area contributed by atoms with Crippen LogP contribution in [0.1, 0.15) is 23.1 Å². The number of rotatable bonds is 5. The van der Waals surface area contributed by atoms with E-state index in [0.29, 0.717) is 21.9 Å². The lowest BCUT2D eigenvalue weighted by Gasteiger charge is -2.37. The van der Waals surface area contributed by atoms with E-state index in [1.54, 1.807) is 43.5 Å². The van der Waals surface area contributed by atoms with Crippen LogP contribution in [-0.4, -0.2) is 35.8 Å². The standard InChI is InChI=1S/C24H22ClNO4/c1-30-18-12-6-15(7-13-18)23(28)24(29)22-19-4-2-3-5-20(19)26(14-21(22)27)17-10-8-16(25)9-11-17/h2-13,22-24,28-29H,14H2,1H3. The van der Waals surface area contributed by atoms with Crippen LogP contribution in [0.15, 0.2) is 72.8 Å². The highest BCUT2D eigenvalue weighted by Gasteiger charge is 2.40. The lowest BCUT2D eigenvalue weighted by molar-refractivity contribution is -0.124. The molecular weight excluding hydrogens is 402 g/mol. The summed E-state index contributed by atoms with van der Waals surface area (Å²) >= 11 is 6.00. The molecule has 1 heterocycles. The van der Waals surface area contributed by atoms with Gasteiger partial charge in [0.1, 0.15) is 11.9 Å². The molecule has 30 heavy (non-hydrogen) atoms. The van der Waals surface area contributed by atoms with Crippen molar-refractivity contribution in [3.63, 3.8) is 0 Å². The van der Waals surface area contributed by atoms with Gasteiger partial charge in [0.05, 0.1) is 25.7 Å². The Morgan fingerprint density at radius 2 is 1.67 bits per heavy atom. The first-order valence-corrected chi connectivity index (χ1v) is 10.0. The predicted molar refractivity (Wildman–Crippen MR) is 117 cm³/mol. The topological polar surface area (TPSA) is 70.0 Å². The fraction of sp³-hybridized carbons (Fsp3) is 0.208. The highest BCUT2D eigenvalue weighted by atomic mass is 35.5. The number of para-hydroxylation sites is 1. The normalized spacial score (nSPS) is 17.9. The van der Waals surface area contributed by atoms with Crippen molar-refractivity contribution in [3.8, 4) is 5.75 Å². The van der Waals surface area contributed by atoms with Crippen LogP contribution >= 0.6 is 11.6 Å². The van der Waals surface area contributed by atoms with E-state index in [1.807, 2.05) is 41.3 Å². The first-order valence-electron chi connectivity index (χ1n) is 9.64. The quantitative estimate of drug-likeness (QED) is 0.642. The van der Waals surface area contributed by atoms with Crippen molar-refractivity contribution in [2.24, 2.45) is 0 Å². The van der Waals surface area contributed by atoms with Gasteiger partial charge in [-0.3, -0.25) is 4.79 Å². The van der Waals surface area contributed by atoms with E-state index >= 15 is 0 Å². The molecule has 0 fully saturated rings. The number of methoxy groups -OCH3 is 1. The number of halogens is 1. The molecular formula is C24H22ClNO4. The van der Waals surface area contributed by atoms with Crippen LogP contribution in [0.5, 0.6) is 5.75 Å². The fourth-order valence-corrected chi connectivity index (χ4v) is 4.04. The van der Waals surface area contributed by atoms with Gasteiger partial charge in [0, 0.05) is 16.4 Å². The van der Waals surface area contributed by atoms with Crippen molar-refractivity contribution in [1.82, 2.24) is 0 Å². The van der Waals surface area contributed by atoms with E-state index < -0.39 is 18.1 Å². The number of aliphatic hydroxyl groups excluding tert-OH is 2. The molecule has 0 aliphatic carbocycles. The SMILES string of the molecule is COc1ccc(C(O)C(O)C2C(=O)CN(c3ccc(Cl)cc3)c3ccccc32)cc1. The molecule has 5 nitrogen and oxygen atoms in total. The van der Waals surface area contributed by atoms with Crippen LogP contribution in [0, 0.1) is 0 Å². The van der Waals surface area contributed by atoms with Gasteiger partial charge < -0.3 is 19.8 Å². The number of aliphatic hydroxyl groups is 2. The van der Waals surface area contributed by atoms with E-state index in [0.717, 1.165) is 11.4 Å². The Labute approximate surface area is 180 Å². The Hall–Kier alpha value is -2.86. The average Bonchev–Trinajstić information content (AvgIpc) is 2.78. The fourth-order valence-electron chi connectivity index (χ4n) is 3.92. The van der Waals surface area contributed by atoms with E-state index in [4.69, 9.17) is 16.3 Å². The molecule has 1 aliphatic rings. The molecule has 3 aromatic rings. The summed E-state index contributed by atoms with van der Waals surface area (Å²) in [5, 5.41) is 22.4. The van der Waals surface area contributed by atoms with Gasteiger partial charge >= 0.3 is 0 Å². The van der Waals surface area contributed by atoms with E-state index in [-0.39, 0.29) is 12.3 Å². The summed E-state index contributed by atoms with van der Waals surface area (Å²) in [4.78, 5) is 15.0. The number of ether oxygens (including phenoxy) is 1. The van der Waals surface area contributed by atoms with Crippen molar-refractivity contribution in [1.29, 1.82) is 0 Å². The first-order chi connectivity index (χ1) is 14.5. The average molecular weight is 424 g/mol. The van der Waals surface area contributed by atoms with Gasteiger partial charge in [-0.15, -0.1) is 0 Å². The minimum atomic E-state index is -1.28. The number of anilines is 2. The number of fused-ring (bicyclic) bond motifs is 1. The monoisotopic (exact) mass is 423 g/mol. The number of Topliss-reactive ketones (excluding diaryl/α,β-unsaturated/α-hetero) is 1. The van der Waals surface area contributed by atoms with Crippen LogP contribution in [0.3, 0.4) is 0 Å². The third kappa shape index (κ3) is 3.79. The summed E-state index contributed by atoms with van der Waals surface area (Å²) in [6, 6.07) is 21.5. The Balaban J connectivity index is 1.68. The van der Waals surface area contributed by atoms with Crippen LogP contribution in [-0.2, 0) is 4.79 Å². The van der Waals surface area contributed by atoms with Gasteiger partial charge in [-0.25, -0.2) is 0 Å². The molecule has 6 heteroatoms. The molecule has 0 aromatic heterocycles. The molecule has 154 valence electrons. The zero-order chi connectivity index (χ0) is 21.3. The Bertz CT molecular complexity index is 1040. The number of nitrogens with zero attached hydrogens (tertiary/aromatic N) is 1. The second kappa shape index (κ2) is 8.48. The molecule has 2 N–H and O–H groups in total. The van der Waals surface area contributed by atoms with Gasteiger partial charge in [-0.05, 0) is 53.6 Å². The van der Waals surface area contributed by atoms with Crippen LogP contribution < -0.4 is 9.64 Å². The first kappa shape index (κ1) is 20.4. The third-order valence-electron chi connectivity index (χ3n) is 5.48. The van der Waals surface area contributed by atoms with Gasteiger partial charge in [-0.2, -0.15) is 0 Å². The molecule has 0 saturated carbocycles. The molecule has 3 aromatic carbocycles. The maximum Gasteiger partial charge on any atom is 0.162 e. The lowest BCUT2D eigenvalue weighted by Crippen LogP contribution is -2.41. The second-order valence-corrected chi connectivity index (χ2v) is 7.71. The molecule has 3 atom stereocenters. The van der Waals surface area contributed by atoms with Crippen LogP contribution in [0.4, 0.5) is 11.4 Å². The molecule has 0 amide bonds. The summed E-state index contributed by atoms with van der Waals surface area (Å²) in [6.45, 7) is 0.0930. The molecule has 0 spiro atoms. The number of carbonyl (C=O) groups excluding carboxylic acids is 1. The van der Waals surface area contributed by atoms with Gasteiger partial charge in [0.25, 0.3) is 0 Å². The molecule has 0 bridgehead atoms. The number of hydrogen-bond donors (Lipinski definition) is 2. The highest BCUT2D eigenvalue weighted by Crippen LogP contribution is 2.41. The maximum absolute atomic E-state index is 13.1. The zero-order valence-electron chi connectivity index (χ0n) is 16.4. The lowest BCUT2D eigenvalue weighted by atomic mass is 9.81. The zero-order valence-corrected chi connectivity index (χ0v) is 17.2. The number of ketones is 1. The van der Waals surface area contributed by atoms with E-state index in [2.05, 4.69) is 0 Å². The molecule has 4 rings (SSSR count). The Morgan fingerprint density at radius 1 is 1.00 bits per heavy atom. The van der Waals surface area contributed by atoms with Crippen molar-refractivity contribution in [2.75, 3.05) is 18.6 Å². The van der Waals surface area contributed by atoms with E-state index in [9.17, 15) is 15.0 Å². The number of benzene rings is 3. The van der Waals surface area contributed by atoms with Crippen molar-refractivity contribution >= 4 is 28.8 Å². The molecule has 1 aliphatic heterocycles. The van der Waals surface area contributed by atoms with Crippen LogP contribution in [0.2, 0.25) is 5.02 Å². The number of hydrogen-bond acceptors (Lipinski definition) is 5. The summed E-state index contributed by atoms with van der Waals surface area (Å²) in [5.41, 5.74) is 2.87. The van der Waals surface area contributed by atoms with Crippen molar-refractivity contribution in [2.45, 2.75) is 18.1 Å². The second-order valence-electron chi connectivity index (χ2n) is 7.27. The Kier molecular flexibility index (Phi) is 5.77. The minimum Gasteiger partial charge on any atom is -0.497 e. The smallest absolute Gasteiger partial charge is 0.162 e. The molecule has 0 radical (unpaired) electrons. The van der Waals surface area contributed by atoms with Gasteiger partial charge in [0.15, 0.2) is 5.78 Å². The minimum absolute atomic E-state index is 0.0930. The summed E-state index contributed by atoms with van der Waals surface area (Å²) in [5.74, 6) is -0.344. The Morgan fingerprint density at radius 3 is 2.33 bits per heavy atom. The third-order valence-corrected chi connectivity index (χ3v) is 5.74. The summed E-state index contributed by atoms with van der Waals surface area (Å²) < 4.78 is 5.14. The maximum atomic E-state index is 13.1. The van der Waals surface area contributed by atoms with Gasteiger partial charge in [-0.1, -0.05) is 41.9 Å².